The second-order valence-electron chi connectivity index (χ2n) is 8.96. The first-order chi connectivity index (χ1) is 15.2. The molecule has 2 amide bonds. The summed E-state index contributed by atoms with van der Waals surface area (Å²) in [6, 6.07) is 0.565. The van der Waals surface area contributed by atoms with Crippen LogP contribution in [-0.2, 0) is 28.7 Å². The average molecular weight is 432 g/mol. The van der Waals surface area contributed by atoms with E-state index in [1.807, 2.05) is 0 Å². The summed E-state index contributed by atoms with van der Waals surface area (Å²) in [5.41, 5.74) is 2.36. The maximum Gasteiger partial charge on any atom is 0.315 e. The maximum atomic E-state index is 12.4. The monoisotopic (exact) mass is 431 g/mol. The summed E-state index contributed by atoms with van der Waals surface area (Å²) in [6.07, 6.45) is 10.2. The van der Waals surface area contributed by atoms with Crippen molar-refractivity contribution in [3.05, 3.63) is 17.1 Å². The Morgan fingerprint density at radius 2 is 1.74 bits per heavy atom. The summed E-state index contributed by atoms with van der Waals surface area (Å²) < 4.78 is 10.9. The molecule has 1 saturated carbocycles. The fraction of sp³-hybridized carbons (Fsp3) is 0.783. The number of ether oxygens (including phenoxy) is 2. The van der Waals surface area contributed by atoms with Crippen molar-refractivity contribution in [3.8, 4) is 0 Å². The lowest BCUT2D eigenvalue weighted by molar-refractivity contribution is 0.146. The van der Waals surface area contributed by atoms with E-state index in [0.717, 1.165) is 88.6 Å². The van der Waals surface area contributed by atoms with Crippen LogP contribution in [0.25, 0.3) is 0 Å². The molecule has 3 aliphatic rings. The SMILES string of the molecule is COCCc1nc2c(c(N3CCC(NC(=O)NC4CCCCC4)CC3)n1)CCOCC2. The summed E-state index contributed by atoms with van der Waals surface area (Å²) in [5.74, 6) is 1.91. The van der Waals surface area contributed by atoms with Crippen LogP contribution in [0.4, 0.5) is 10.6 Å². The molecule has 2 N–H and O–H groups in total. The van der Waals surface area contributed by atoms with Crippen molar-refractivity contribution in [1.82, 2.24) is 20.6 Å². The second kappa shape index (κ2) is 11.1. The van der Waals surface area contributed by atoms with Crippen LogP contribution >= 0.6 is 0 Å². The first-order valence-electron chi connectivity index (χ1n) is 12.0. The third-order valence-electron chi connectivity index (χ3n) is 6.70. The number of amides is 2. The molecule has 2 fully saturated rings. The fourth-order valence-electron chi connectivity index (χ4n) is 4.94. The van der Waals surface area contributed by atoms with Crippen LogP contribution in [0, 0.1) is 0 Å². The van der Waals surface area contributed by atoms with Crippen molar-refractivity contribution in [3.63, 3.8) is 0 Å². The van der Waals surface area contributed by atoms with Crippen LogP contribution in [-0.4, -0.2) is 68.1 Å². The number of urea groups is 1. The number of nitrogens with zero attached hydrogens (tertiary/aromatic N) is 3. The molecule has 0 radical (unpaired) electrons. The number of piperidine rings is 1. The zero-order chi connectivity index (χ0) is 21.5. The lowest BCUT2D eigenvalue weighted by atomic mass is 9.96. The van der Waals surface area contributed by atoms with E-state index in [2.05, 4.69) is 15.5 Å². The Kier molecular flexibility index (Phi) is 7.97. The highest BCUT2D eigenvalue weighted by Gasteiger charge is 2.26. The van der Waals surface area contributed by atoms with E-state index in [4.69, 9.17) is 19.4 Å². The molecule has 31 heavy (non-hydrogen) atoms. The van der Waals surface area contributed by atoms with Crippen molar-refractivity contribution in [1.29, 1.82) is 0 Å². The van der Waals surface area contributed by atoms with Gasteiger partial charge in [-0.1, -0.05) is 19.3 Å². The van der Waals surface area contributed by atoms with E-state index >= 15 is 0 Å². The molecule has 1 aliphatic carbocycles. The number of hydrogen-bond donors (Lipinski definition) is 2. The van der Waals surface area contributed by atoms with Crippen LogP contribution in [0.1, 0.15) is 62.0 Å². The molecule has 0 atom stereocenters. The largest absolute Gasteiger partial charge is 0.384 e. The molecule has 1 aromatic heterocycles. The highest BCUT2D eigenvalue weighted by molar-refractivity contribution is 5.74. The van der Waals surface area contributed by atoms with Crippen LogP contribution in [0.3, 0.4) is 0 Å². The highest BCUT2D eigenvalue weighted by Crippen LogP contribution is 2.27. The molecular weight excluding hydrogens is 394 g/mol. The zero-order valence-electron chi connectivity index (χ0n) is 18.8. The normalized spacial score (nSPS) is 20.7. The van der Waals surface area contributed by atoms with Crippen LogP contribution in [0.15, 0.2) is 0 Å². The number of fused-ring (bicyclic) bond motifs is 1. The Labute approximate surface area is 185 Å². The molecule has 8 heteroatoms. The van der Waals surface area contributed by atoms with Gasteiger partial charge < -0.3 is 25.0 Å². The molecule has 172 valence electrons. The Morgan fingerprint density at radius 3 is 2.48 bits per heavy atom. The standard InChI is InChI=1S/C23H37N5O3/c1-30-14-11-21-26-20-10-16-31-15-9-19(20)22(27-21)28-12-7-18(8-13-28)25-23(29)24-17-5-3-2-4-6-17/h17-18H,2-16H2,1H3,(H2,24,25,29). The summed E-state index contributed by atoms with van der Waals surface area (Å²) in [4.78, 5) is 24.5. The van der Waals surface area contributed by atoms with E-state index in [1.54, 1.807) is 7.11 Å². The molecule has 0 aromatic carbocycles. The number of anilines is 1. The van der Waals surface area contributed by atoms with E-state index in [9.17, 15) is 4.79 Å². The third kappa shape index (κ3) is 6.07. The highest BCUT2D eigenvalue weighted by atomic mass is 16.5. The quantitative estimate of drug-likeness (QED) is 0.719. The predicted molar refractivity (Wildman–Crippen MR) is 120 cm³/mol. The summed E-state index contributed by atoms with van der Waals surface area (Å²) in [7, 11) is 1.71. The van der Waals surface area contributed by atoms with Gasteiger partial charge in [0.1, 0.15) is 11.6 Å². The van der Waals surface area contributed by atoms with Crippen molar-refractivity contribution >= 4 is 11.8 Å². The van der Waals surface area contributed by atoms with Gasteiger partial charge in [0.25, 0.3) is 0 Å². The van der Waals surface area contributed by atoms with Crippen LogP contribution < -0.4 is 15.5 Å². The summed E-state index contributed by atoms with van der Waals surface area (Å²) in [6.45, 7) is 3.84. The number of rotatable bonds is 6. The lowest BCUT2D eigenvalue weighted by Gasteiger charge is -2.35. The molecule has 0 bridgehead atoms. The molecule has 8 nitrogen and oxygen atoms in total. The van der Waals surface area contributed by atoms with E-state index in [1.165, 1.54) is 24.8 Å². The minimum Gasteiger partial charge on any atom is -0.384 e. The zero-order valence-corrected chi connectivity index (χ0v) is 18.8. The molecule has 0 spiro atoms. The van der Waals surface area contributed by atoms with E-state index in [0.29, 0.717) is 12.6 Å². The smallest absolute Gasteiger partial charge is 0.315 e. The van der Waals surface area contributed by atoms with Gasteiger partial charge >= 0.3 is 6.03 Å². The molecular formula is C23H37N5O3. The first-order valence-corrected chi connectivity index (χ1v) is 12.0. The number of carbonyl (C=O) groups is 1. The lowest BCUT2D eigenvalue weighted by Crippen LogP contribution is -2.50. The molecule has 0 unspecified atom stereocenters. The second-order valence-corrected chi connectivity index (χ2v) is 8.96. The number of methoxy groups -OCH3 is 1. The Balaban J connectivity index is 1.36. The molecule has 3 heterocycles. The van der Waals surface area contributed by atoms with Gasteiger partial charge in [-0.2, -0.15) is 0 Å². The molecule has 4 rings (SSSR count). The van der Waals surface area contributed by atoms with Gasteiger partial charge in [0.05, 0.1) is 25.5 Å². The number of carbonyl (C=O) groups excluding carboxylic acids is 1. The maximum absolute atomic E-state index is 12.4. The minimum absolute atomic E-state index is 0.000235. The number of nitrogens with one attached hydrogen (secondary N) is 2. The molecule has 1 saturated heterocycles. The molecule has 1 aromatic rings. The Hall–Kier alpha value is -1.93. The van der Waals surface area contributed by atoms with Gasteiger partial charge in [0, 0.05) is 57.1 Å². The molecule has 2 aliphatic heterocycles. The Morgan fingerprint density at radius 1 is 1.03 bits per heavy atom. The Bertz CT molecular complexity index is 730. The van der Waals surface area contributed by atoms with E-state index in [-0.39, 0.29) is 12.1 Å². The first kappa shape index (κ1) is 22.3. The van der Waals surface area contributed by atoms with Crippen molar-refractivity contribution < 1.29 is 14.3 Å². The van der Waals surface area contributed by atoms with Gasteiger partial charge in [-0.25, -0.2) is 14.8 Å². The van der Waals surface area contributed by atoms with Crippen molar-refractivity contribution in [2.75, 3.05) is 44.9 Å². The van der Waals surface area contributed by atoms with Gasteiger partial charge in [-0.15, -0.1) is 0 Å². The fourth-order valence-corrected chi connectivity index (χ4v) is 4.94. The van der Waals surface area contributed by atoms with Gasteiger partial charge in [-0.05, 0) is 25.7 Å². The minimum atomic E-state index is 0.000235. The third-order valence-corrected chi connectivity index (χ3v) is 6.70. The average Bonchev–Trinajstić information content (AvgIpc) is 3.04. The topological polar surface area (TPSA) is 88.6 Å². The van der Waals surface area contributed by atoms with Crippen LogP contribution in [0.2, 0.25) is 0 Å². The van der Waals surface area contributed by atoms with Crippen molar-refractivity contribution in [2.45, 2.75) is 76.3 Å². The van der Waals surface area contributed by atoms with Gasteiger partial charge in [0.2, 0.25) is 0 Å². The van der Waals surface area contributed by atoms with Gasteiger partial charge in [-0.3, -0.25) is 0 Å². The number of aromatic nitrogens is 2. The summed E-state index contributed by atoms with van der Waals surface area (Å²) in [5, 5.41) is 6.38. The summed E-state index contributed by atoms with van der Waals surface area (Å²) >= 11 is 0. The predicted octanol–water partition coefficient (Wildman–Crippen LogP) is 2.38. The van der Waals surface area contributed by atoms with Crippen molar-refractivity contribution in [2.24, 2.45) is 0 Å². The number of hydrogen-bond acceptors (Lipinski definition) is 6. The van der Waals surface area contributed by atoms with Crippen LogP contribution in [0.5, 0.6) is 0 Å². The van der Waals surface area contributed by atoms with E-state index < -0.39 is 0 Å². The van der Waals surface area contributed by atoms with Gasteiger partial charge in [0.15, 0.2) is 0 Å².